The molecule has 2 aromatic rings. The molecule has 39 heavy (non-hydrogen) atoms. The van der Waals surface area contributed by atoms with Gasteiger partial charge < -0.3 is 36.6 Å². The fraction of sp³-hybridized carbons (Fsp3) is 0.429. The Morgan fingerprint density at radius 1 is 0.923 bits per heavy atom. The molecule has 0 aromatic heterocycles. The number of phenolic OH excluding ortho intramolecular Hbond substituents is 2. The highest BCUT2D eigenvalue weighted by Gasteiger charge is 2.40. The first-order valence-corrected chi connectivity index (χ1v) is 12.9. The molecule has 11 nitrogen and oxygen atoms in total. The van der Waals surface area contributed by atoms with Crippen LogP contribution in [-0.4, -0.2) is 74.6 Å². The third kappa shape index (κ3) is 7.93. The van der Waals surface area contributed by atoms with Crippen molar-refractivity contribution in [1.29, 1.82) is 0 Å². The Morgan fingerprint density at radius 3 is 1.97 bits per heavy atom. The number of carbonyl (C=O) groups is 4. The van der Waals surface area contributed by atoms with E-state index in [1.807, 2.05) is 0 Å². The minimum atomic E-state index is -1.22. The summed E-state index contributed by atoms with van der Waals surface area (Å²) in [5, 5.41) is 33.8. The van der Waals surface area contributed by atoms with Crippen LogP contribution in [0.25, 0.3) is 0 Å². The predicted octanol–water partition coefficient (Wildman–Crippen LogP) is 0.912. The number of aromatic hydroxyl groups is 2. The quantitative estimate of drug-likeness (QED) is 0.243. The second-order valence-corrected chi connectivity index (χ2v) is 10.2. The molecule has 0 bridgehead atoms. The van der Waals surface area contributed by atoms with Gasteiger partial charge in [-0.3, -0.25) is 14.4 Å². The molecule has 1 aliphatic heterocycles. The molecule has 1 aliphatic rings. The molecule has 2 aromatic carbocycles. The lowest BCUT2D eigenvalue weighted by Gasteiger charge is -2.31. The lowest BCUT2D eigenvalue weighted by molar-refractivity contribution is -0.145. The molecule has 1 saturated heterocycles. The van der Waals surface area contributed by atoms with E-state index >= 15 is 0 Å². The van der Waals surface area contributed by atoms with Crippen molar-refractivity contribution in [1.82, 2.24) is 15.5 Å². The highest BCUT2D eigenvalue weighted by Crippen LogP contribution is 2.21. The summed E-state index contributed by atoms with van der Waals surface area (Å²) in [6.45, 7) is 3.85. The van der Waals surface area contributed by atoms with E-state index in [1.165, 1.54) is 29.2 Å². The smallest absolute Gasteiger partial charge is 0.326 e. The maximum Gasteiger partial charge on any atom is 0.326 e. The average Bonchev–Trinajstić information content (AvgIpc) is 3.39. The van der Waals surface area contributed by atoms with Gasteiger partial charge in [-0.1, -0.05) is 38.1 Å². The maximum absolute atomic E-state index is 13.5. The number of benzene rings is 2. The van der Waals surface area contributed by atoms with Crippen molar-refractivity contribution in [2.45, 2.75) is 63.7 Å². The Morgan fingerprint density at radius 2 is 1.46 bits per heavy atom. The summed E-state index contributed by atoms with van der Waals surface area (Å²) in [5.74, 6) is -2.90. The zero-order valence-electron chi connectivity index (χ0n) is 22.0. The number of nitrogens with zero attached hydrogens (tertiary/aromatic N) is 1. The second kappa shape index (κ2) is 13.1. The first-order valence-electron chi connectivity index (χ1n) is 12.9. The number of nitrogens with one attached hydrogen (secondary N) is 2. The molecular formula is C28H36N4O7. The summed E-state index contributed by atoms with van der Waals surface area (Å²) in [6, 6.07) is 8.38. The molecular weight excluding hydrogens is 504 g/mol. The van der Waals surface area contributed by atoms with Gasteiger partial charge in [0, 0.05) is 13.0 Å². The standard InChI is InChI=1S/C28H36N4O7/c1-16(2)24(31-25(35)21(29)14-17-5-9-19(33)10-6-17)27(37)32-13-3-4-23(32)26(36)30-22(28(38)39)15-18-7-11-20(34)12-8-18/h5-12,16,21-24,33-34H,3-4,13-15,29H2,1-2H3,(H,30,36)(H,31,35)(H,38,39). The molecule has 0 saturated carbocycles. The Balaban J connectivity index is 1.66. The van der Waals surface area contributed by atoms with Crippen molar-refractivity contribution in [2.24, 2.45) is 11.7 Å². The van der Waals surface area contributed by atoms with Crippen molar-refractivity contribution in [3.05, 3.63) is 59.7 Å². The van der Waals surface area contributed by atoms with Crippen LogP contribution in [0.1, 0.15) is 37.8 Å². The highest BCUT2D eigenvalue weighted by atomic mass is 16.4. The molecule has 0 spiro atoms. The van der Waals surface area contributed by atoms with Crippen LogP contribution in [-0.2, 0) is 32.0 Å². The van der Waals surface area contributed by atoms with Crippen LogP contribution in [0.2, 0.25) is 0 Å². The monoisotopic (exact) mass is 540 g/mol. The zero-order valence-corrected chi connectivity index (χ0v) is 22.0. The van der Waals surface area contributed by atoms with Crippen molar-refractivity contribution in [3.8, 4) is 11.5 Å². The predicted molar refractivity (Wildman–Crippen MR) is 143 cm³/mol. The van der Waals surface area contributed by atoms with Gasteiger partial charge in [0.15, 0.2) is 0 Å². The number of likely N-dealkylation sites (tertiary alicyclic amines) is 1. The van der Waals surface area contributed by atoms with E-state index in [0.29, 0.717) is 24.9 Å². The van der Waals surface area contributed by atoms with Gasteiger partial charge >= 0.3 is 5.97 Å². The van der Waals surface area contributed by atoms with Crippen LogP contribution < -0.4 is 16.4 Å². The van der Waals surface area contributed by atoms with E-state index in [4.69, 9.17) is 5.73 Å². The normalized spacial score (nSPS) is 17.3. The van der Waals surface area contributed by atoms with E-state index in [2.05, 4.69) is 10.6 Å². The van der Waals surface area contributed by atoms with Gasteiger partial charge in [-0.2, -0.15) is 0 Å². The molecule has 7 N–H and O–H groups in total. The van der Waals surface area contributed by atoms with E-state index < -0.39 is 47.9 Å². The van der Waals surface area contributed by atoms with Gasteiger partial charge in [-0.25, -0.2) is 4.79 Å². The van der Waals surface area contributed by atoms with E-state index in [1.54, 1.807) is 38.1 Å². The first-order chi connectivity index (χ1) is 18.5. The van der Waals surface area contributed by atoms with Crippen molar-refractivity contribution < 1.29 is 34.5 Å². The van der Waals surface area contributed by atoms with Crippen LogP contribution in [0.15, 0.2) is 48.5 Å². The summed E-state index contributed by atoms with van der Waals surface area (Å²) in [6.07, 6.45) is 1.13. The number of carboxylic acid groups (broad SMARTS) is 1. The third-order valence-corrected chi connectivity index (χ3v) is 6.79. The molecule has 3 amide bonds. The van der Waals surface area contributed by atoms with Crippen LogP contribution in [0.4, 0.5) is 0 Å². The number of carbonyl (C=O) groups excluding carboxylic acids is 3. The Labute approximate surface area is 227 Å². The Kier molecular flexibility index (Phi) is 9.89. The van der Waals surface area contributed by atoms with Gasteiger partial charge in [0.1, 0.15) is 29.6 Å². The van der Waals surface area contributed by atoms with Crippen molar-refractivity contribution in [3.63, 3.8) is 0 Å². The second-order valence-electron chi connectivity index (χ2n) is 10.2. The van der Waals surface area contributed by atoms with Crippen molar-refractivity contribution in [2.75, 3.05) is 6.54 Å². The van der Waals surface area contributed by atoms with Crippen molar-refractivity contribution >= 4 is 23.7 Å². The van der Waals surface area contributed by atoms with Crippen LogP contribution in [0.3, 0.4) is 0 Å². The number of aliphatic carboxylic acids is 1. The summed E-state index contributed by atoms with van der Waals surface area (Å²) >= 11 is 0. The number of rotatable bonds is 11. The molecule has 0 radical (unpaired) electrons. The Bertz CT molecular complexity index is 1170. The van der Waals surface area contributed by atoms with Gasteiger partial charge in [0.25, 0.3) is 0 Å². The number of amides is 3. The molecule has 1 heterocycles. The zero-order chi connectivity index (χ0) is 28.7. The SMILES string of the molecule is CC(C)C(NC(=O)C(N)Cc1ccc(O)cc1)C(=O)N1CCCC1C(=O)NC(Cc1ccc(O)cc1)C(=O)O. The number of phenols is 2. The topological polar surface area (TPSA) is 182 Å². The fourth-order valence-electron chi connectivity index (χ4n) is 4.57. The summed E-state index contributed by atoms with van der Waals surface area (Å²) in [5.41, 5.74) is 7.45. The van der Waals surface area contributed by atoms with Gasteiger partial charge in [0.05, 0.1) is 6.04 Å². The van der Waals surface area contributed by atoms with Gasteiger partial charge in [-0.05, 0) is 60.6 Å². The lowest BCUT2D eigenvalue weighted by atomic mass is 10.00. The van der Waals surface area contributed by atoms with E-state index in [9.17, 15) is 34.5 Å². The molecule has 4 unspecified atom stereocenters. The highest BCUT2D eigenvalue weighted by molar-refractivity contribution is 5.94. The van der Waals surface area contributed by atoms with E-state index in [-0.39, 0.29) is 30.3 Å². The third-order valence-electron chi connectivity index (χ3n) is 6.79. The summed E-state index contributed by atoms with van der Waals surface area (Å²) < 4.78 is 0. The van der Waals surface area contributed by atoms with Crippen LogP contribution >= 0.6 is 0 Å². The van der Waals surface area contributed by atoms with Gasteiger partial charge in [0.2, 0.25) is 17.7 Å². The van der Waals surface area contributed by atoms with E-state index in [0.717, 1.165) is 5.56 Å². The number of nitrogens with two attached hydrogens (primary N) is 1. The summed E-state index contributed by atoms with van der Waals surface area (Å²) in [7, 11) is 0. The molecule has 210 valence electrons. The average molecular weight is 541 g/mol. The minimum Gasteiger partial charge on any atom is -0.508 e. The fourth-order valence-corrected chi connectivity index (χ4v) is 4.57. The number of carboxylic acids is 1. The molecule has 11 heteroatoms. The molecule has 1 fully saturated rings. The van der Waals surface area contributed by atoms with Crippen LogP contribution in [0.5, 0.6) is 11.5 Å². The molecule has 4 atom stereocenters. The van der Waals surface area contributed by atoms with Crippen LogP contribution in [0, 0.1) is 5.92 Å². The largest absolute Gasteiger partial charge is 0.508 e. The lowest BCUT2D eigenvalue weighted by Crippen LogP contribution is -2.58. The molecule has 3 rings (SSSR count). The number of hydrogen-bond acceptors (Lipinski definition) is 7. The van der Waals surface area contributed by atoms with Gasteiger partial charge in [-0.15, -0.1) is 0 Å². The summed E-state index contributed by atoms with van der Waals surface area (Å²) in [4.78, 5) is 52.8. The number of hydrogen-bond donors (Lipinski definition) is 6. The maximum atomic E-state index is 13.5. The Hall–Kier alpha value is -4.12. The minimum absolute atomic E-state index is 0.00557. The molecule has 0 aliphatic carbocycles. The first kappa shape index (κ1) is 29.4.